The average molecular weight is 417 g/mol. The Bertz CT molecular complexity index is 1460. The van der Waals surface area contributed by atoms with E-state index in [4.69, 9.17) is 0 Å². The van der Waals surface area contributed by atoms with Gasteiger partial charge in [-0.05, 0) is 43.7 Å². The van der Waals surface area contributed by atoms with Crippen LogP contribution < -0.4 is 5.56 Å². The SMILES string of the molecule is Cc1cccc(-n2ccnc2SCc2nnc3n(C)c(=O)c4cc(C)ccc4n23)c1. The van der Waals surface area contributed by atoms with Crippen LogP contribution in [0.15, 0.2) is 64.8 Å². The Morgan fingerprint density at radius 3 is 2.70 bits per heavy atom. The third-order valence-corrected chi connectivity index (χ3v) is 6.12. The van der Waals surface area contributed by atoms with Crippen molar-refractivity contribution < 1.29 is 0 Å². The first-order valence-electron chi connectivity index (χ1n) is 9.59. The highest BCUT2D eigenvalue weighted by atomic mass is 32.2. The van der Waals surface area contributed by atoms with Gasteiger partial charge in [0, 0.05) is 25.1 Å². The molecule has 30 heavy (non-hydrogen) atoms. The summed E-state index contributed by atoms with van der Waals surface area (Å²) in [4.78, 5) is 17.3. The molecule has 0 radical (unpaired) electrons. The van der Waals surface area contributed by atoms with Crippen LogP contribution in [0, 0.1) is 13.8 Å². The second-order valence-electron chi connectivity index (χ2n) is 7.34. The fourth-order valence-corrected chi connectivity index (χ4v) is 4.54. The van der Waals surface area contributed by atoms with Crippen molar-refractivity contribution >= 4 is 28.4 Å². The van der Waals surface area contributed by atoms with Gasteiger partial charge in [0.05, 0.1) is 16.7 Å². The first-order chi connectivity index (χ1) is 14.5. The van der Waals surface area contributed by atoms with Crippen molar-refractivity contribution in [1.82, 2.24) is 28.7 Å². The van der Waals surface area contributed by atoms with E-state index in [0.717, 1.165) is 27.7 Å². The van der Waals surface area contributed by atoms with Crippen molar-refractivity contribution in [1.29, 1.82) is 0 Å². The van der Waals surface area contributed by atoms with Crippen LogP contribution in [0.5, 0.6) is 0 Å². The van der Waals surface area contributed by atoms with Crippen LogP contribution in [-0.4, -0.2) is 28.7 Å². The molecule has 0 fully saturated rings. The summed E-state index contributed by atoms with van der Waals surface area (Å²) in [6, 6.07) is 14.2. The number of hydrogen-bond acceptors (Lipinski definition) is 5. The summed E-state index contributed by atoms with van der Waals surface area (Å²) >= 11 is 1.59. The molecule has 0 spiro atoms. The molecule has 5 aromatic rings. The lowest BCUT2D eigenvalue weighted by Gasteiger charge is -2.10. The summed E-state index contributed by atoms with van der Waals surface area (Å²) in [7, 11) is 1.73. The molecule has 0 aliphatic rings. The van der Waals surface area contributed by atoms with Crippen LogP contribution in [0.4, 0.5) is 0 Å². The highest BCUT2D eigenvalue weighted by molar-refractivity contribution is 7.98. The first kappa shape index (κ1) is 18.6. The van der Waals surface area contributed by atoms with E-state index in [9.17, 15) is 4.79 Å². The van der Waals surface area contributed by atoms with Gasteiger partial charge in [-0.1, -0.05) is 35.5 Å². The Morgan fingerprint density at radius 1 is 1.03 bits per heavy atom. The van der Waals surface area contributed by atoms with Crippen molar-refractivity contribution in [3.8, 4) is 5.69 Å². The zero-order valence-electron chi connectivity index (χ0n) is 16.9. The van der Waals surface area contributed by atoms with E-state index in [-0.39, 0.29) is 5.56 Å². The van der Waals surface area contributed by atoms with Crippen molar-refractivity contribution in [3.05, 3.63) is 82.2 Å². The number of thioether (sulfide) groups is 1. The molecule has 150 valence electrons. The summed E-state index contributed by atoms with van der Waals surface area (Å²) in [5.41, 5.74) is 4.07. The molecule has 0 saturated heterocycles. The Kier molecular flexibility index (Phi) is 4.43. The smallest absolute Gasteiger partial charge is 0.262 e. The van der Waals surface area contributed by atoms with Crippen molar-refractivity contribution in [2.75, 3.05) is 0 Å². The molecular formula is C22H20N6OS. The molecule has 8 heteroatoms. The minimum absolute atomic E-state index is 0.0669. The van der Waals surface area contributed by atoms with E-state index >= 15 is 0 Å². The quantitative estimate of drug-likeness (QED) is 0.418. The number of aromatic nitrogens is 6. The Hall–Kier alpha value is -3.39. The van der Waals surface area contributed by atoms with Crippen LogP contribution in [0.2, 0.25) is 0 Å². The van der Waals surface area contributed by atoms with Gasteiger partial charge in [-0.3, -0.25) is 18.3 Å². The van der Waals surface area contributed by atoms with E-state index in [1.807, 2.05) is 41.8 Å². The predicted molar refractivity (Wildman–Crippen MR) is 118 cm³/mol. The molecule has 3 aromatic heterocycles. The van der Waals surface area contributed by atoms with Crippen molar-refractivity contribution in [3.63, 3.8) is 0 Å². The van der Waals surface area contributed by atoms with E-state index in [1.165, 1.54) is 5.56 Å². The van der Waals surface area contributed by atoms with Crippen LogP contribution in [0.1, 0.15) is 17.0 Å². The normalized spacial score (nSPS) is 11.6. The molecule has 0 amide bonds. The molecule has 0 N–H and O–H groups in total. The summed E-state index contributed by atoms with van der Waals surface area (Å²) in [5, 5.41) is 10.2. The van der Waals surface area contributed by atoms with Crippen LogP contribution >= 0.6 is 11.8 Å². The van der Waals surface area contributed by atoms with Crippen molar-refractivity contribution in [2.45, 2.75) is 24.8 Å². The standard InChI is InChI=1S/C22H20N6OS/c1-14-5-4-6-16(11-14)27-10-9-23-22(27)30-13-19-24-25-21-26(3)20(29)17-12-15(2)7-8-18(17)28(19)21/h4-12H,13H2,1-3H3. The summed E-state index contributed by atoms with van der Waals surface area (Å²) in [6.45, 7) is 4.06. The number of hydrogen-bond donors (Lipinski definition) is 0. The largest absolute Gasteiger partial charge is 0.295 e. The average Bonchev–Trinajstić information content (AvgIpc) is 3.37. The van der Waals surface area contributed by atoms with Crippen LogP contribution in [-0.2, 0) is 12.8 Å². The number of nitrogens with zero attached hydrogens (tertiary/aromatic N) is 6. The maximum Gasteiger partial charge on any atom is 0.262 e. The van der Waals surface area contributed by atoms with E-state index in [2.05, 4.69) is 44.9 Å². The lowest BCUT2D eigenvalue weighted by Crippen LogP contribution is -2.20. The fraction of sp³-hybridized carbons (Fsp3) is 0.182. The summed E-state index contributed by atoms with van der Waals surface area (Å²) < 4.78 is 5.58. The zero-order valence-corrected chi connectivity index (χ0v) is 17.7. The fourth-order valence-electron chi connectivity index (χ4n) is 3.65. The van der Waals surface area contributed by atoms with Crippen molar-refractivity contribution in [2.24, 2.45) is 7.05 Å². The predicted octanol–water partition coefficient (Wildman–Crippen LogP) is 3.68. The third kappa shape index (κ3) is 3.00. The van der Waals surface area contributed by atoms with Crippen LogP contribution in [0.25, 0.3) is 22.4 Å². The first-order valence-corrected chi connectivity index (χ1v) is 10.6. The highest BCUT2D eigenvalue weighted by Crippen LogP contribution is 2.25. The second-order valence-corrected chi connectivity index (χ2v) is 8.29. The van der Waals surface area contributed by atoms with E-state index < -0.39 is 0 Å². The number of benzene rings is 2. The summed E-state index contributed by atoms with van der Waals surface area (Å²) in [6.07, 6.45) is 3.76. The van der Waals surface area contributed by atoms with Gasteiger partial charge < -0.3 is 0 Å². The second kappa shape index (κ2) is 7.14. The number of rotatable bonds is 4. The lowest BCUT2D eigenvalue weighted by atomic mass is 10.1. The molecule has 3 heterocycles. The van der Waals surface area contributed by atoms with E-state index in [0.29, 0.717) is 16.9 Å². The molecule has 5 rings (SSSR count). The molecule has 0 unspecified atom stereocenters. The van der Waals surface area contributed by atoms with E-state index in [1.54, 1.807) is 29.6 Å². The number of imidazole rings is 1. The topological polar surface area (TPSA) is 70.0 Å². The maximum atomic E-state index is 12.7. The number of aryl methyl sites for hydroxylation is 3. The Morgan fingerprint density at radius 2 is 1.87 bits per heavy atom. The van der Waals surface area contributed by atoms with Gasteiger partial charge in [0.15, 0.2) is 5.16 Å². The molecule has 0 atom stereocenters. The monoisotopic (exact) mass is 416 g/mol. The molecule has 7 nitrogen and oxygen atoms in total. The Labute approximate surface area is 177 Å². The Balaban J connectivity index is 1.56. The molecule has 0 saturated carbocycles. The van der Waals surface area contributed by atoms with Gasteiger partial charge >= 0.3 is 0 Å². The lowest BCUT2D eigenvalue weighted by molar-refractivity contribution is 0.857. The molecule has 0 bridgehead atoms. The highest BCUT2D eigenvalue weighted by Gasteiger charge is 2.16. The van der Waals surface area contributed by atoms with Crippen LogP contribution in [0.3, 0.4) is 0 Å². The minimum atomic E-state index is -0.0669. The number of fused-ring (bicyclic) bond motifs is 3. The zero-order chi connectivity index (χ0) is 20.8. The van der Waals surface area contributed by atoms with Gasteiger partial charge in [-0.2, -0.15) is 0 Å². The maximum absolute atomic E-state index is 12.7. The van der Waals surface area contributed by atoms with Gasteiger partial charge in [0.1, 0.15) is 5.82 Å². The van der Waals surface area contributed by atoms with Gasteiger partial charge in [0.25, 0.3) is 5.56 Å². The molecule has 0 aliphatic heterocycles. The summed E-state index contributed by atoms with van der Waals surface area (Å²) in [5.74, 6) is 1.89. The molecule has 0 aliphatic carbocycles. The third-order valence-electron chi connectivity index (χ3n) is 5.16. The van der Waals surface area contributed by atoms with Gasteiger partial charge in [-0.15, -0.1) is 10.2 Å². The minimum Gasteiger partial charge on any atom is -0.295 e. The molecular weight excluding hydrogens is 396 g/mol. The van der Waals surface area contributed by atoms with Gasteiger partial charge in [0.2, 0.25) is 5.78 Å². The molecule has 2 aromatic carbocycles. The van der Waals surface area contributed by atoms with Gasteiger partial charge in [-0.25, -0.2) is 4.98 Å².